The van der Waals surface area contributed by atoms with Crippen LogP contribution in [0.25, 0.3) is 0 Å². The van der Waals surface area contributed by atoms with Crippen LogP contribution in [0.2, 0.25) is 0 Å². The molecule has 3 N–H and O–H groups in total. The van der Waals surface area contributed by atoms with Crippen LogP contribution in [0.4, 0.5) is 10.1 Å². The van der Waals surface area contributed by atoms with Crippen molar-refractivity contribution in [3.05, 3.63) is 53.4 Å². The molecule has 0 saturated heterocycles. The Morgan fingerprint density at radius 2 is 2.13 bits per heavy atom. The fraction of sp³-hybridized carbons (Fsp3) is 0.294. The number of halogens is 1. The number of nitriles is 1. The molecular weight excluding hydrogens is 295 g/mol. The van der Waals surface area contributed by atoms with E-state index in [0.717, 1.165) is 6.07 Å². The van der Waals surface area contributed by atoms with E-state index in [4.69, 9.17) is 15.7 Å². The first-order valence-electron chi connectivity index (χ1n) is 7.13. The van der Waals surface area contributed by atoms with E-state index >= 15 is 0 Å². The number of anilines is 1. The zero-order valence-electron chi connectivity index (χ0n) is 14.0. The number of nitrogens with zero attached hydrogens (tertiary/aromatic N) is 2. The average molecular weight is 318 g/mol. The van der Waals surface area contributed by atoms with Crippen molar-refractivity contribution in [3.8, 4) is 6.07 Å². The van der Waals surface area contributed by atoms with Crippen molar-refractivity contribution >= 4 is 11.9 Å². The highest BCUT2D eigenvalue weighted by molar-refractivity contribution is 5.57. The first kappa shape index (κ1) is 20.2. The van der Waals surface area contributed by atoms with Crippen molar-refractivity contribution in [1.29, 1.82) is 5.26 Å². The molecule has 6 heteroatoms. The first-order valence-corrected chi connectivity index (χ1v) is 7.13. The van der Waals surface area contributed by atoms with Gasteiger partial charge in [-0.15, -0.1) is 0 Å². The summed E-state index contributed by atoms with van der Waals surface area (Å²) in [6, 6.07) is 5.90. The monoisotopic (exact) mass is 318 g/mol. The molecule has 0 radical (unpaired) electrons. The van der Waals surface area contributed by atoms with Crippen molar-refractivity contribution in [2.24, 2.45) is 10.7 Å². The van der Waals surface area contributed by atoms with Gasteiger partial charge in [-0.1, -0.05) is 26.8 Å². The van der Waals surface area contributed by atoms with Crippen LogP contribution in [0.15, 0.2) is 47.0 Å². The molecule has 0 spiro atoms. The number of aliphatic imine (C=N–C) groups is 1. The Hall–Kier alpha value is -2.81. The minimum absolute atomic E-state index is 0.126. The van der Waals surface area contributed by atoms with Crippen LogP contribution in [0.3, 0.4) is 0 Å². The molecule has 23 heavy (non-hydrogen) atoms. The van der Waals surface area contributed by atoms with E-state index < -0.39 is 5.82 Å². The van der Waals surface area contributed by atoms with Gasteiger partial charge in [-0.3, -0.25) is 0 Å². The molecule has 0 saturated carbocycles. The van der Waals surface area contributed by atoms with Gasteiger partial charge in [-0.05, 0) is 25.1 Å². The predicted molar refractivity (Wildman–Crippen MR) is 92.2 cm³/mol. The quantitative estimate of drug-likeness (QED) is 0.490. The maximum absolute atomic E-state index is 13.7. The highest BCUT2D eigenvalue weighted by Crippen LogP contribution is 2.20. The summed E-state index contributed by atoms with van der Waals surface area (Å²) in [5, 5.41) is 11.4. The number of hydrogen-bond acceptors (Lipinski definition) is 5. The average Bonchev–Trinajstić information content (AvgIpc) is 2.51. The summed E-state index contributed by atoms with van der Waals surface area (Å²) >= 11 is 0. The Labute approximate surface area is 137 Å². The van der Waals surface area contributed by atoms with Crippen LogP contribution >= 0.6 is 0 Å². The van der Waals surface area contributed by atoms with Crippen LogP contribution in [0, 0.1) is 17.1 Å². The van der Waals surface area contributed by atoms with Crippen LogP contribution < -0.4 is 11.1 Å². The molecule has 0 aliphatic rings. The van der Waals surface area contributed by atoms with Crippen LogP contribution in [0.5, 0.6) is 0 Å². The molecule has 0 amide bonds. The molecule has 0 bridgehead atoms. The van der Waals surface area contributed by atoms with Crippen molar-refractivity contribution in [2.45, 2.75) is 27.2 Å². The van der Waals surface area contributed by atoms with Gasteiger partial charge < -0.3 is 15.8 Å². The van der Waals surface area contributed by atoms with E-state index in [1.165, 1.54) is 31.9 Å². The third-order valence-corrected chi connectivity index (χ3v) is 2.36. The normalized spacial score (nSPS) is 11.0. The van der Waals surface area contributed by atoms with E-state index in [-0.39, 0.29) is 28.5 Å². The Morgan fingerprint density at radius 1 is 1.52 bits per heavy atom. The summed E-state index contributed by atoms with van der Waals surface area (Å²) in [5.74, 6) is -0.230. The van der Waals surface area contributed by atoms with Crippen molar-refractivity contribution < 1.29 is 9.13 Å². The molecular formula is C17H23FN4O. The van der Waals surface area contributed by atoms with Gasteiger partial charge in [0.25, 0.3) is 0 Å². The minimum Gasteiger partial charge on any atom is -0.491 e. The fourth-order valence-corrected chi connectivity index (χ4v) is 1.49. The van der Waals surface area contributed by atoms with Crippen LogP contribution in [-0.2, 0) is 4.74 Å². The minimum atomic E-state index is -0.571. The van der Waals surface area contributed by atoms with Gasteiger partial charge in [0, 0.05) is 6.21 Å². The number of benzene rings is 1. The topological polar surface area (TPSA) is 83.4 Å². The number of ether oxygens (including phenoxy) is 1. The molecule has 1 aromatic rings. The van der Waals surface area contributed by atoms with Gasteiger partial charge >= 0.3 is 0 Å². The maximum Gasteiger partial charge on any atom is 0.183 e. The third-order valence-electron chi connectivity index (χ3n) is 2.36. The van der Waals surface area contributed by atoms with Gasteiger partial charge in [0.15, 0.2) is 11.6 Å². The zero-order chi connectivity index (χ0) is 17.8. The van der Waals surface area contributed by atoms with Gasteiger partial charge in [-0.2, -0.15) is 5.26 Å². The molecule has 0 atom stereocenters. The van der Waals surface area contributed by atoms with E-state index in [1.54, 1.807) is 6.92 Å². The number of methoxy groups -OCH3 is 1. The lowest BCUT2D eigenvalue weighted by Gasteiger charge is -2.14. The number of nitrogens with one attached hydrogen (secondary N) is 1. The second-order valence-electron chi connectivity index (χ2n) is 4.42. The molecule has 1 aromatic carbocycles. The first-order chi connectivity index (χ1) is 10.9. The lowest BCUT2D eigenvalue weighted by molar-refractivity contribution is 0.296. The number of rotatable bonds is 5. The smallest absolute Gasteiger partial charge is 0.183 e. The Bertz CT molecular complexity index is 630. The van der Waals surface area contributed by atoms with Crippen LogP contribution in [0.1, 0.15) is 32.8 Å². The fourth-order valence-electron chi connectivity index (χ4n) is 1.49. The van der Waals surface area contributed by atoms with Gasteiger partial charge in [0.05, 0.1) is 30.1 Å². The third kappa shape index (κ3) is 6.66. The standard InChI is InChI=1S/C14H15FN4O.C3H8/c1-4-18-14(17)13(20-3)9(2)19-12-6-5-10(8-16)7-11(12)15;1-3-2/h4-7,19H,2,17H2,1,3H3;3H2,1-2H3/b14-13+,18-4-;. The lowest BCUT2D eigenvalue weighted by Crippen LogP contribution is -2.10. The predicted octanol–water partition coefficient (Wildman–Crippen LogP) is 3.90. The molecule has 1 rings (SSSR count). The van der Waals surface area contributed by atoms with Gasteiger partial charge in [-0.25, -0.2) is 9.38 Å². The summed E-state index contributed by atoms with van der Waals surface area (Å²) in [6.07, 6.45) is 2.75. The molecule has 0 fully saturated rings. The van der Waals surface area contributed by atoms with Crippen molar-refractivity contribution in [2.75, 3.05) is 12.4 Å². The molecule has 0 unspecified atom stereocenters. The Balaban J connectivity index is 0.00000149. The van der Waals surface area contributed by atoms with E-state index in [2.05, 4.69) is 30.7 Å². The van der Waals surface area contributed by atoms with E-state index in [1.807, 2.05) is 6.07 Å². The van der Waals surface area contributed by atoms with E-state index in [9.17, 15) is 4.39 Å². The summed E-state index contributed by atoms with van der Waals surface area (Å²) in [7, 11) is 1.41. The number of nitrogens with two attached hydrogens (primary N) is 1. The van der Waals surface area contributed by atoms with Gasteiger partial charge in [0.2, 0.25) is 0 Å². The number of hydrogen-bond donors (Lipinski definition) is 2. The highest BCUT2D eigenvalue weighted by Gasteiger charge is 2.11. The SMILES string of the molecule is C=C(Nc1ccc(C#N)cc1F)/C(OC)=C(N)\N=C/C.CCC. The zero-order valence-corrected chi connectivity index (χ0v) is 14.0. The largest absolute Gasteiger partial charge is 0.491 e. The summed E-state index contributed by atoms with van der Waals surface area (Å²) < 4.78 is 18.8. The van der Waals surface area contributed by atoms with E-state index in [0.29, 0.717) is 0 Å². The summed E-state index contributed by atoms with van der Waals surface area (Å²) in [6.45, 7) is 9.68. The molecule has 0 aliphatic heterocycles. The highest BCUT2D eigenvalue weighted by atomic mass is 19.1. The lowest BCUT2D eigenvalue weighted by atomic mass is 10.2. The Kier molecular flexibility index (Phi) is 9.53. The second-order valence-corrected chi connectivity index (χ2v) is 4.42. The molecule has 0 aliphatic carbocycles. The molecule has 124 valence electrons. The maximum atomic E-state index is 13.7. The van der Waals surface area contributed by atoms with Crippen molar-refractivity contribution in [3.63, 3.8) is 0 Å². The molecule has 0 heterocycles. The molecule has 5 nitrogen and oxygen atoms in total. The van der Waals surface area contributed by atoms with Gasteiger partial charge in [0.1, 0.15) is 5.82 Å². The second kappa shape index (κ2) is 10.9. The van der Waals surface area contributed by atoms with Crippen LogP contribution in [-0.4, -0.2) is 13.3 Å². The Morgan fingerprint density at radius 3 is 2.57 bits per heavy atom. The summed E-state index contributed by atoms with van der Waals surface area (Å²) in [4.78, 5) is 3.88. The molecule has 0 aromatic heterocycles. The van der Waals surface area contributed by atoms with Crippen molar-refractivity contribution in [1.82, 2.24) is 0 Å². The summed E-state index contributed by atoms with van der Waals surface area (Å²) in [5.41, 5.74) is 6.36.